The minimum absolute atomic E-state index is 0.0850. The van der Waals surface area contributed by atoms with Crippen LogP contribution in [0.15, 0.2) is 12.1 Å². The topological polar surface area (TPSA) is 89.6 Å². The average Bonchev–Trinajstić information content (AvgIpc) is 3.43. The molecule has 4 atom stereocenters. The summed E-state index contributed by atoms with van der Waals surface area (Å²) in [6.07, 6.45) is -1.81. The number of pyridine rings is 1. The molecule has 0 radical (unpaired) electrons. The van der Waals surface area contributed by atoms with Crippen LogP contribution in [0.4, 0.5) is 33.5 Å². The van der Waals surface area contributed by atoms with Crippen molar-refractivity contribution < 1.29 is 31.4 Å². The molecular formula is C29H30ClF5N6O2. The zero-order valence-corrected chi connectivity index (χ0v) is 24.1. The molecule has 14 heteroatoms. The second kappa shape index (κ2) is 10.2. The lowest BCUT2D eigenvalue weighted by molar-refractivity contribution is -0.137. The van der Waals surface area contributed by atoms with Crippen LogP contribution in [0.2, 0.25) is 5.02 Å². The Morgan fingerprint density at radius 1 is 1.16 bits per heavy atom. The number of anilines is 2. The maximum Gasteiger partial charge on any atom is 0.418 e. The maximum atomic E-state index is 16.6. The van der Waals surface area contributed by atoms with Crippen molar-refractivity contribution in [3.8, 4) is 23.1 Å². The van der Waals surface area contributed by atoms with E-state index in [1.165, 1.54) is 0 Å². The van der Waals surface area contributed by atoms with Gasteiger partial charge in [0.2, 0.25) is 5.88 Å². The molecule has 0 aliphatic carbocycles. The van der Waals surface area contributed by atoms with Crippen LogP contribution < -0.4 is 20.1 Å². The highest BCUT2D eigenvalue weighted by atomic mass is 35.5. The van der Waals surface area contributed by atoms with Crippen LogP contribution in [0.25, 0.3) is 22.2 Å². The first kappa shape index (κ1) is 28.6. The molecule has 6 heterocycles. The van der Waals surface area contributed by atoms with Crippen molar-refractivity contribution in [3.63, 3.8) is 0 Å². The first-order chi connectivity index (χ1) is 20.4. The number of hydrogen-bond acceptors (Lipinski definition) is 8. The van der Waals surface area contributed by atoms with Crippen LogP contribution in [0.5, 0.6) is 11.9 Å². The predicted molar refractivity (Wildman–Crippen MR) is 151 cm³/mol. The zero-order valence-electron chi connectivity index (χ0n) is 23.4. The van der Waals surface area contributed by atoms with Crippen LogP contribution in [-0.4, -0.2) is 69.9 Å². The van der Waals surface area contributed by atoms with Gasteiger partial charge in [-0.05, 0) is 57.7 Å². The fraction of sp³-hybridized carbons (Fsp3) is 0.552. The lowest BCUT2D eigenvalue weighted by Gasteiger charge is -2.38. The summed E-state index contributed by atoms with van der Waals surface area (Å²) in [5.74, 6) is -0.853. The van der Waals surface area contributed by atoms with E-state index in [-0.39, 0.29) is 41.1 Å². The van der Waals surface area contributed by atoms with Crippen molar-refractivity contribution in [1.29, 1.82) is 0 Å². The molecule has 2 N–H and O–H groups in total. The third-order valence-corrected chi connectivity index (χ3v) is 9.55. The molecule has 0 unspecified atom stereocenters. The highest BCUT2D eigenvalue weighted by Gasteiger charge is 2.49. The normalized spacial score (nSPS) is 27.1. The molecule has 4 aliphatic heterocycles. The van der Waals surface area contributed by atoms with Gasteiger partial charge in [-0.1, -0.05) is 11.6 Å². The van der Waals surface area contributed by atoms with Crippen LogP contribution in [0.3, 0.4) is 0 Å². The van der Waals surface area contributed by atoms with Gasteiger partial charge in [-0.2, -0.15) is 23.1 Å². The molecular weight excluding hydrogens is 595 g/mol. The van der Waals surface area contributed by atoms with Gasteiger partial charge in [0.05, 0.1) is 22.2 Å². The first-order valence-electron chi connectivity index (χ1n) is 14.5. The Hall–Kier alpha value is -3.19. The second-order valence-corrected chi connectivity index (χ2v) is 12.4. The molecule has 3 aromatic rings. The van der Waals surface area contributed by atoms with Gasteiger partial charge in [-0.25, -0.2) is 13.8 Å². The summed E-state index contributed by atoms with van der Waals surface area (Å²) in [5.41, 5.74) is 2.42. The Balaban J connectivity index is 1.42. The number of aromatic nitrogens is 3. The van der Waals surface area contributed by atoms with Crippen LogP contribution in [0, 0.1) is 5.82 Å². The van der Waals surface area contributed by atoms with Gasteiger partial charge in [0.25, 0.3) is 0 Å². The van der Waals surface area contributed by atoms with Gasteiger partial charge in [0, 0.05) is 30.8 Å². The number of piperidine rings is 1. The Labute approximate surface area is 249 Å². The minimum atomic E-state index is -4.93. The summed E-state index contributed by atoms with van der Waals surface area (Å²) in [4.78, 5) is 17.5. The fourth-order valence-corrected chi connectivity index (χ4v) is 7.69. The number of alkyl halides is 4. The SMILES string of the molecule is C[C@@H]1Oc2nc(-c3cc(N)cc(Cl)c3C(F)(F)F)c(F)c3nc(OC[C@@]45CCCN4C[C@H](F)C5)nc(c23)N2CCCC[C@@H]12. The smallest absolute Gasteiger partial charge is 0.418 e. The molecule has 2 aromatic heterocycles. The van der Waals surface area contributed by atoms with Gasteiger partial charge < -0.3 is 20.1 Å². The van der Waals surface area contributed by atoms with E-state index in [9.17, 15) is 17.6 Å². The molecule has 3 saturated heterocycles. The third kappa shape index (κ3) is 4.70. The van der Waals surface area contributed by atoms with E-state index >= 15 is 4.39 Å². The van der Waals surface area contributed by atoms with Crippen molar-refractivity contribution in [2.45, 2.75) is 75.5 Å². The monoisotopic (exact) mass is 624 g/mol. The number of benzene rings is 1. The number of nitrogens with zero attached hydrogens (tertiary/aromatic N) is 5. The van der Waals surface area contributed by atoms with Crippen LogP contribution in [0.1, 0.15) is 51.0 Å². The fourth-order valence-electron chi connectivity index (χ4n) is 7.35. The highest BCUT2D eigenvalue weighted by molar-refractivity contribution is 6.32. The summed E-state index contributed by atoms with van der Waals surface area (Å²) in [7, 11) is 0. The van der Waals surface area contributed by atoms with Gasteiger partial charge >= 0.3 is 12.2 Å². The highest BCUT2D eigenvalue weighted by Crippen LogP contribution is 2.47. The Bertz CT molecular complexity index is 1610. The standard InChI is InChI=1S/C29H30ClF5N6O2/c1-14-19-5-2-3-8-41(19)25-20-24(38-27(39-25)42-13-28-6-4-7-40(28)12-15(31)11-28)22(32)23(37-26(20)43-14)17-9-16(36)10-18(30)21(17)29(33,34)35/h9-10,14-15,19H,2-8,11-13,36H2,1H3/t14-,15+,19-,28-/m0/s1. The molecule has 4 aliphatic rings. The molecule has 3 fully saturated rings. The number of nitrogen functional groups attached to an aromatic ring is 1. The molecule has 8 nitrogen and oxygen atoms in total. The zero-order chi connectivity index (χ0) is 30.3. The van der Waals surface area contributed by atoms with E-state index in [2.05, 4.69) is 14.9 Å². The number of fused-ring (bicyclic) bond motifs is 3. The summed E-state index contributed by atoms with van der Waals surface area (Å²) < 4.78 is 85.9. The average molecular weight is 625 g/mol. The Morgan fingerprint density at radius 3 is 2.77 bits per heavy atom. The Morgan fingerprint density at radius 2 is 1.98 bits per heavy atom. The Kier molecular flexibility index (Phi) is 6.77. The van der Waals surface area contributed by atoms with Gasteiger partial charge in [0.15, 0.2) is 5.82 Å². The third-order valence-electron chi connectivity index (χ3n) is 9.26. The molecule has 0 amide bonds. The number of rotatable bonds is 4. The predicted octanol–water partition coefficient (Wildman–Crippen LogP) is 6.18. The molecule has 230 valence electrons. The number of nitrogens with two attached hydrogens (primary N) is 1. The summed E-state index contributed by atoms with van der Waals surface area (Å²) >= 11 is 6.00. The second-order valence-electron chi connectivity index (χ2n) is 12.0. The lowest BCUT2D eigenvalue weighted by atomic mass is 9.95. The van der Waals surface area contributed by atoms with Gasteiger partial charge in [0.1, 0.15) is 41.3 Å². The summed E-state index contributed by atoms with van der Waals surface area (Å²) in [5, 5.41) is -0.532. The van der Waals surface area contributed by atoms with E-state index in [0.29, 0.717) is 25.3 Å². The van der Waals surface area contributed by atoms with Gasteiger partial charge in [-0.3, -0.25) is 4.90 Å². The number of hydrogen-bond donors (Lipinski definition) is 1. The maximum absolute atomic E-state index is 16.6. The quantitative estimate of drug-likeness (QED) is 0.272. The first-order valence-corrected chi connectivity index (χ1v) is 14.9. The van der Waals surface area contributed by atoms with E-state index in [1.807, 2.05) is 11.8 Å². The minimum Gasteiger partial charge on any atom is -0.472 e. The molecule has 1 aromatic carbocycles. The largest absolute Gasteiger partial charge is 0.472 e. The van der Waals surface area contributed by atoms with E-state index < -0.39 is 51.7 Å². The van der Waals surface area contributed by atoms with Crippen LogP contribution in [-0.2, 0) is 6.18 Å². The van der Waals surface area contributed by atoms with Crippen LogP contribution >= 0.6 is 11.6 Å². The van der Waals surface area contributed by atoms with Gasteiger partial charge in [-0.15, -0.1) is 0 Å². The van der Waals surface area contributed by atoms with E-state index in [1.54, 1.807) is 0 Å². The molecule has 0 spiro atoms. The summed E-state index contributed by atoms with van der Waals surface area (Å²) in [6, 6.07) is 1.66. The number of ether oxygens (including phenoxy) is 2. The molecule has 7 rings (SSSR count). The van der Waals surface area contributed by atoms with E-state index in [4.69, 9.17) is 31.8 Å². The van der Waals surface area contributed by atoms with E-state index in [0.717, 1.165) is 50.8 Å². The van der Waals surface area contributed by atoms with Crippen molar-refractivity contribution in [3.05, 3.63) is 28.5 Å². The van der Waals surface area contributed by atoms with Crippen molar-refractivity contribution >= 4 is 34.0 Å². The molecule has 43 heavy (non-hydrogen) atoms. The summed E-state index contributed by atoms with van der Waals surface area (Å²) in [6.45, 7) is 3.64. The van der Waals surface area contributed by atoms with Crippen molar-refractivity contribution in [2.24, 2.45) is 0 Å². The van der Waals surface area contributed by atoms with Crippen molar-refractivity contribution in [2.75, 3.05) is 36.9 Å². The lowest BCUT2D eigenvalue weighted by Crippen LogP contribution is -2.47. The molecule has 0 saturated carbocycles. The van der Waals surface area contributed by atoms with Crippen molar-refractivity contribution in [1.82, 2.24) is 19.9 Å². The number of halogens is 6. The molecule has 0 bridgehead atoms.